The number of benzene rings is 1. The zero-order chi connectivity index (χ0) is 24.7. The molecule has 0 spiro atoms. The number of fused-ring (bicyclic) bond motifs is 1. The van der Waals surface area contributed by atoms with Gasteiger partial charge in [-0.3, -0.25) is 14.8 Å². The summed E-state index contributed by atoms with van der Waals surface area (Å²) in [6, 6.07) is 8.60. The highest BCUT2D eigenvalue weighted by atomic mass is 32.1. The summed E-state index contributed by atoms with van der Waals surface area (Å²) in [5, 5.41) is 24.2. The first-order valence-electron chi connectivity index (χ1n) is 11.9. The largest absolute Gasteiger partial charge is 0.454 e. The average molecular weight is 493 g/mol. The van der Waals surface area contributed by atoms with Crippen LogP contribution in [0.2, 0.25) is 0 Å². The van der Waals surface area contributed by atoms with Gasteiger partial charge in [0.1, 0.15) is 11.9 Å². The summed E-state index contributed by atoms with van der Waals surface area (Å²) in [7, 11) is 1.87. The van der Waals surface area contributed by atoms with E-state index in [1.54, 1.807) is 34.2 Å². The lowest BCUT2D eigenvalue weighted by molar-refractivity contribution is -0.385. The third-order valence-corrected chi connectivity index (χ3v) is 7.80. The van der Waals surface area contributed by atoms with Crippen molar-refractivity contribution >= 4 is 28.8 Å². The highest BCUT2D eigenvalue weighted by Gasteiger charge is 2.42. The van der Waals surface area contributed by atoms with Crippen LogP contribution in [0.15, 0.2) is 52.4 Å². The molecule has 8 nitrogen and oxygen atoms in total. The van der Waals surface area contributed by atoms with Gasteiger partial charge in [0.2, 0.25) is 0 Å². The number of nitro benzene ring substituents is 1. The summed E-state index contributed by atoms with van der Waals surface area (Å²) in [5.41, 5.74) is 4.14. The van der Waals surface area contributed by atoms with E-state index in [-0.39, 0.29) is 16.5 Å². The zero-order valence-corrected chi connectivity index (χ0v) is 20.8. The number of thiophene rings is 1. The number of ether oxygens (including phenoxy) is 1. The molecule has 2 atom stereocenters. The molecule has 0 radical (unpaired) electrons. The fourth-order valence-corrected chi connectivity index (χ4v) is 6.12. The van der Waals surface area contributed by atoms with Gasteiger partial charge >= 0.3 is 5.97 Å². The van der Waals surface area contributed by atoms with Crippen molar-refractivity contribution in [3.63, 3.8) is 0 Å². The van der Waals surface area contributed by atoms with Gasteiger partial charge < -0.3 is 10.1 Å². The summed E-state index contributed by atoms with van der Waals surface area (Å²) in [4.78, 5) is 25.4. The molecule has 0 saturated heterocycles. The van der Waals surface area contributed by atoms with Crippen molar-refractivity contribution in [3.8, 4) is 0 Å². The molecule has 1 saturated carbocycles. The van der Waals surface area contributed by atoms with Crippen LogP contribution in [-0.4, -0.2) is 20.7 Å². The number of aryl methyl sites for hydroxylation is 1. The van der Waals surface area contributed by atoms with Crippen LogP contribution in [0.25, 0.3) is 0 Å². The molecule has 5 rings (SSSR count). The Balaban J connectivity index is 1.67. The number of hydrogen-bond acceptors (Lipinski definition) is 7. The van der Waals surface area contributed by atoms with E-state index in [9.17, 15) is 14.9 Å². The number of para-hydroxylation sites is 1. The van der Waals surface area contributed by atoms with E-state index in [2.05, 4.69) is 5.32 Å². The molecule has 9 heteroatoms. The second-order valence-corrected chi connectivity index (χ2v) is 10.0. The minimum Gasteiger partial charge on any atom is -0.454 e. The maximum absolute atomic E-state index is 13.7. The minimum atomic E-state index is -0.653. The number of carbonyl (C=O) groups is 1. The first-order valence-corrected chi connectivity index (χ1v) is 12.8. The van der Waals surface area contributed by atoms with Gasteiger partial charge in [-0.1, -0.05) is 31.0 Å². The molecule has 1 aliphatic carbocycles. The quantitative estimate of drug-likeness (QED) is 0.250. The third-order valence-electron chi connectivity index (χ3n) is 7.10. The number of rotatable bonds is 6. The number of nitrogens with zero attached hydrogens (tertiary/aromatic N) is 3. The molecular formula is C26H28N4O4S. The summed E-state index contributed by atoms with van der Waals surface area (Å²) in [6.45, 7) is 3.66. The van der Waals surface area contributed by atoms with Crippen LogP contribution < -0.4 is 5.32 Å². The van der Waals surface area contributed by atoms with Crippen molar-refractivity contribution in [3.05, 3.63) is 84.9 Å². The van der Waals surface area contributed by atoms with Gasteiger partial charge in [-0.15, -0.1) is 0 Å². The maximum Gasteiger partial charge on any atom is 0.337 e. The number of hydrogen-bond donors (Lipinski definition) is 1. The van der Waals surface area contributed by atoms with Crippen molar-refractivity contribution in [2.45, 2.75) is 57.5 Å². The van der Waals surface area contributed by atoms with Crippen LogP contribution >= 0.6 is 11.3 Å². The standard InChI is InChI=1S/C26H28N4O4S/c1-15-21(26(31)34-16(2)18-12-13-35-14-18)22(19-10-6-7-11-20(19)30(32)33)23-24(17-8-4-5-9-17)28-29(3)25(23)27-15/h6-7,10-14,16-17,22,27H,4-5,8-9H2,1-3H3. The normalized spacial score (nSPS) is 18.8. The molecule has 182 valence electrons. The molecular weight excluding hydrogens is 464 g/mol. The lowest BCUT2D eigenvalue weighted by atomic mass is 9.78. The van der Waals surface area contributed by atoms with Crippen LogP contribution in [0.3, 0.4) is 0 Å². The van der Waals surface area contributed by atoms with Crippen molar-refractivity contribution in [2.24, 2.45) is 7.05 Å². The summed E-state index contributed by atoms with van der Waals surface area (Å²) in [5.74, 6) is -0.101. The first-order chi connectivity index (χ1) is 16.9. The van der Waals surface area contributed by atoms with E-state index in [1.165, 1.54) is 6.07 Å². The number of allylic oxidation sites excluding steroid dienone is 1. The van der Waals surface area contributed by atoms with Crippen LogP contribution in [-0.2, 0) is 16.6 Å². The van der Waals surface area contributed by atoms with Crippen LogP contribution in [0.1, 0.15) is 79.9 Å². The Hall–Kier alpha value is -3.46. The third kappa shape index (κ3) is 4.14. The summed E-state index contributed by atoms with van der Waals surface area (Å²) < 4.78 is 7.71. The molecule has 2 aromatic heterocycles. The van der Waals surface area contributed by atoms with Crippen LogP contribution in [0.4, 0.5) is 11.5 Å². The minimum absolute atomic E-state index is 0.0180. The van der Waals surface area contributed by atoms with Gasteiger partial charge in [0, 0.05) is 41.4 Å². The number of anilines is 1. The Morgan fingerprint density at radius 1 is 1.29 bits per heavy atom. The lowest BCUT2D eigenvalue weighted by Gasteiger charge is -2.30. The molecule has 3 aromatic rings. The fraction of sp³-hybridized carbons (Fsp3) is 0.385. The number of nitrogens with one attached hydrogen (secondary N) is 1. The van der Waals surface area contributed by atoms with Crippen molar-refractivity contribution in [2.75, 3.05) is 5.32 Å². The molecule has 1 aromatic carbocycles. The van der Waals surface area contributed by atoms with E-state index >= 15 is 0 Å². The van der Waals surface area contributed by atoms with E-state index in [1.807, 2.05) is 37.7 Å². The smallest absolute Gasteiger partial charge is 0.337 e. The average Bonchev–Trinajstić information content (AvgIpc) is 3.60. The molecule has 0 bridgehead atoms. The molecule has 3 heterocycles. The molecule has 0 amide bonds. The van der Waals surface area contributed by atoms with Gasteiger partial charge in [0.05, 0.1) is 22.1 Å². The highest BCUT2D eigenvalue weighted by Crippen LogP contribution is 2.49. The molecule has 35 heavy (non-hydrogen) atoms. The van der Waals surface area contributed by atoms with Gasteiger partial charge in [-0.05, 0) is 43.5 Å². The van der Waals surface area contributed by atoms with Crippen molar-refractivity contribution in [1.29, 1.82) is 0 Å². The van der Waals surface area contributed by atoms with Crippen molar-refractivity contribution in [1.82, 2.24) is 9.78 Å². The van der Waals surface area contributed by atoms with Crippen LogP contribution in [0.5, 0.6) is 0 Å². The number of carbonyl (C=O) groups excluding carboxylic acids is 1. The second kappa shape index (κ2) is 9.30. The highest BCUT2D eigenvalue weighted by molar-refractivity contribution is 7.07. The predicted molar refractivity (Wildman–Crippen MR) is 135 cm³/mol. The second-order valence-electron chi connectivity index (χ2n) is 9.27. The number of aromatic nitrogens is 2. The van der Waals surface area contributed by atoms with Crippen LogP contribution in [0, 0.1) is 10.1 Å². The Kier molecular flexibility index (Phi) is 6.19. The van der Waals surface area contributed by atoms with E-state index < -0.39 is 18.0 Å². The van der Waals surface area contributed by atoms with Gasteiger partial charge in [0.25, 0.3) is 5.69 Å². The molecule has 1 fully saturated rings. The molecule has 1 N–H and O–H groups in total. The topological polar surface area (TPSA) is 99.3 Å². The number of esters is 1. The fourth-order valence-electron chi connectivity index (χ4n) is 5.38. The Morgan fingerprint density at radius 3 is 2.71 bits per heavy atom. The van der Waals surface area contributed by atoms with E-state index in [0.29, 0.717) is 16.8 Å². The Bertz CT molecular complexity index is 1300. The van der Waals surface area contributed by atoms with E-state index in [0.717, 1.165) is 48.3 Å². The van der Waals surface area contributed by atoms with Crippen molar-refractivity contribution < 1.29 is 14.5 Å². The Morgan fingerprint density at radius 2 is 2.03 bits per heavy atom. The van der Waals surface area contributed by atoms with Gasteiger partial charge in [-0.2, -0.15) is 16.4 Å². The van der Waals surface area contributed by atoms with Gasteiger partial charge in [0.15, 0.2) is 0 Å². The number of nitro groups is 1. The summed E-state index contributed by atoms with van der Waals surface area (Å²) >= 11 is 1.54. The Labute approximate surface area is 207 Å². The first kappa shape index (κ1) is 23.3. The monoisotopic (exact) mass is 492 g/mol. The molecule has 2 unspecified atom stereocenters. The molecule has 1 aliphatic heterocycles. The summed E-state index contributed by atoms with van der Waals surface area (Å²) in [6.07, 6.45) is 3.85. The SMILES string of the molecule is CC1=C(C(=O)OC(C)c2ccsc2)C(c2ccccc2[N+](=O)[O-])c2c(C3CCCC3)nn(C)c2N1. The zero-order valence-electron chi connectivity index (χ0n) is 20.0. The molecule has 2 aliphatic rings. The van der Waals surface area contributed by atoms with Gasteiger partial charge in [-0.25, -0.2) is 4.79 Å². The lowest BCUT2D eigenvalue weighted by Crippen LogP contribution is -2.26. The maximum atomic E-state index is 13.7. The van der Waals surface area contributed by atoms with E-state index in [4.69, 9.17) is 9.84 Å². The predicted octanol–water partition coefficient (Wildman–Crippen LogP) is 6.18.